The standard InChI is InChI=1S/C11H20N2O3S/c1-9(2)7-11(14)13-6-4-5-10(8-13)12-17(3,15)16/h7,10,12H,4-6,8H2,1-3H3/t10-/m1/s1. The minimum atomic E-state index is -3.20. The van der Waals surface area contributed by atoms with E-state index < -0.39 is 10.0 Å². The molecule has 0 aromatic rings. The lowest BCUT2D eigenvalue weighted by atomic mass is 10.1. The lowest BCUT2D eigenvalue weighted by molar-refractivity contribution is -0.127. The molecule has 1 heterocycles. The molecule has 1 fully saturated rings. The maximum absolute atomic E-state index is 11.8. The van der Waals surface area contributed by atoms with Crippen LogP contribution >= 0.6 is 0 Å². The third-order valence-corrected chi connectivity index (χ3v) is 3.29. The van der Waals surface area contributed by atoms with Crippen molar-refractivity contribution >= 4 is 15.9 Å². The molecule has 0 saturated carbocycles. The number of carbonyl (C=O) groups is 1. The highest BCUT2D eigenvalue weighted by atomic mass is 32.2. The lowest BCUT2D eigenvalue weighted by Crippen LogP contribution is -2.49. The first-order chi connectivity index (χ1) is 7.78. The van der Waals surface area contributed by atoms with Crippen LogP contribution in [0.25, 0.3) is 0 Å². The van der Waals surface area contributed by atoms with Gasteiger partial charge in [-0.1, -0.05) is 5.57 Å². The van der Waals surface area contributed by atoms with Crippen molar-refractivity contribution in [3.05, 3.63) is 11.6 Å². The van der Waals surface area contributed by atoms with Gasteiger partial charge < -0.3 is 4.90 Å². The third-order valence-electron chi connectivity index (χ3n) is 2.53. The minimum absolute atomic E-state index is 0.0370. The van der Waals surface area contributed by atoms with Crippen LogP contribution in [0.2, 0.25) is 0 Å². The number of sulfonamides is 1. The Morgan fingerprint density at radius 1 is 1.41 bits per heavy atom. The van der Waals surface area contributed by atoms with Gasteiger partial charge in [-0.15, -0.1) is 0 Å². The van der Waals surface area contributed by atoms with Crippen LogP contribution in [0, 0.1) is 0 Å². The number of allylic oxidation sites excluding steroid dienone is 1. The Morgan fingerprint density at radius 2 is 2.06 bits per heavy atom. The number of nitrogens with one attached hydrogen (secondary N) is 1. The van der Waals surface area contributed by atoms with Crippen molar-refractivity contribution in [2.45, 2.75) is 32.7 Å². The van der Waals surface area contributed by atoms with Crippen LogP contribution < -0.4 is 4.72 Å². The molecule has 1 rings (SSSR count). The van der Waals surface area contributed by atoms with Crippen LogP contribution in [0.1, 0.15) is 26.7 Å². The molecule has 0 bridgehead atoms. The van der Waals surface area contributed by atoms with E-state index in [2.05, 4.69) is 4.72 Å². The Kier molecular flexibility index (Phi) is 4.70. The topological polar surface area (TPSA) is 66.5 Å². The monoisotopic (exact) mass is 260 g/mol. The number of rotatable bonds is 3. The van der Waals surface area contributed by atoms with Gasteiger partial charge in [0.15, 0.2) is 0 Å². The van der Waals surface area contributed by atoms with Crippen LogP contribution in [0.3, 0.4) is 0 Å². The summed E-state index contributed by atoms with van der Waals surface area (Å²) in [6.45, 7) is 4.89. The summed E-state index contributed by atoms with van der Waals surface area (Å²) in [6, 6.07) is -0.159. The molecule has 98 valence electrons. The van der Waals surface area contributed by atoms with Crippen molar-refractivity contribution in [3.63, 3.8) is 0 Å². The van der Waals surface area contributed by atoms with Crippen molar-refractivity contribution in [2.24, 2.45) is 0 Å². The van der Waals surface area contributed by atoms with Gasteiger partial charge in [-0.25, -0.2) is 13.1 Å². The van der Waals surface area contributed by atoms with Gasteiger partial charge in [-0.3, -0.25) is 4.79 Å². The van der Waals surface area contributed by atoms with E-state index in [1.54, 1.807) is 11.0 Å². The van der Waals surface area contributed by atoms with E-state index in [0.717, 1.165) is 24.7 Å². The molecular weight excluding hydrogens is 240 g/mol. The fourth-order valence-corrected chi connectivity index (χ4v) is 2.71. The van der Waals surface area contributed by atoms with Crippen LogP contribution in [-0.4, -0.2) is 44.6 Å². The summed E-state index contributed by atoms with van der Waals surface area (Å²) in [6.07, 6.45) is 4.34. The normalized spacial score (nSPS) is 21.1. The third kappa shape index (κ3) is 5.32. The Hall–Kier alpha value is -0.880. The van der Waals surface area contributed by atoms with Gasteiger partial charge in [-0.2, -0.15) is 0 Å². The molecule has 5 nitrogen and oxygen atoms in total. The quantitative estimate of drug-likeness (QED) is 0.751. The molecule has 1 saturated heterocycles. The number of piperidine rings is 1. The van der Waals surface area contributed by atoms with Gasteiger partial charge in [0.2, 0.25) is 15.9 Å². The predicted octanol–water partition coefficient (Wildman–Crippen LogP) is 0.493. The van der Waals surface area contributed by atoms with E-state index in [1.807, 2.05) is 13.8 Å². The first-order valence-electron chi connectivity index (χ1n) is 5.69. The fourth-order valence-electron chi connectivity index (χ4n) is 1.91. The second kappa shape index (κ2) is 5.64. The van der Waals surface area contributed by atoms with Crippen LogP contribution in [0.15, 0.2) is 11.6 Å². The Balaban J connectivity index is 2.61. The zero-order valence-electron chi connectivity index (χ0n) is 10.6. The second-order valence-corrected chi connectivity index (χ2v) is 6.52. The van der Waals surface area contributed by atoms with Gasteiger partial charge in [0, 0.05) is 25.2 Å². The van der Waals surface area contributed by atoms with Gasteiger partial charge in [-0.05, 0) is 26.7 Å². The van der Waals surface area contributed by atoms with Crippen molar-refractivity contribution < 1.29 is 13.2 Å². The van der Waals surface area contributed by atoms with E-state index in [4.69, 9.17) is 0 Å². The van der Waals surface area contributed by atoms with Crippen molar-refractivity contribution in [2.75, 3.05) is 19.3 Å². The van der Waals surface area contributed by atoms with Gasteiger partial charge in [0.05, 0.1) is 6.26 Å². The van der Waals surface area contributed by atoms with E-state index in [0.29, 0.717) is 13.1 Å². The van der Waals surface area contributed by atoms with Crippen molar-refractivity contribution in [1.82, 2.24) is 9.62 Å². The van der Waals surface area contributed by atoms with Gasteiger partial charge >= 0.3 is 0 Å². The maximum atomic E-state index is 11.8. The molecular formula is C11H20N2O3S. The number of carbonyl (C=O) groups excluding carboxylic acids is 1. The molecule has 6 heteroatoms. The molecule has 1 atom stereocenters. The number of nitrogens with zero attached hydrogens (tertiary/aromatic N) is 1. The molecule has 0 unspecified atom stereocenters. The average Bonchev–Trinajstić information content (AvgIpc) is 2.14. The summed E-state index contributed by atoms with van der Waals surface area (Å²) in [5.74, 6) is -0.0370. The SMILES string of the molecule is CC(C)=CC(=O)N1CCC[C@@H](NS(C)(=O)=O)C1. The molecule has 1 aliphatic rings. The second-order valence-electron chi connectivity index (χ2n) is 4.74. The minimum Gasteiger partial charge on any atom is -0.338 e. The zero-order valence-corrected chi connectivity index (χ0v) is 11.4. The molecule has 0 aromatic heterocycles. The molecule has 0 radical (unpaired) electrons. The van der Waals surface area contributed by atoms with Crippen LogP contribution in [0.5, 0.6) is 0 Å². The van der Waals surface area contributed by atoms with Crippen LogP contribution in [-0.2, 0) is 14.8 Å². The highest BCUT2D eigenvalue weighted by Crippen LogP contribution is 2.11. The van der Waals surface area contributed by atoms with E-state index in [1.165, 1.54) is 0 Å². The fraction of sp³-hybridized carbons (Fsp3) is 0.727. The van der Waals surface area contributed by atoms with E-state index in [9.17, 15) is 13.2 Å². The molecule has 0 spiro atoms. The highest BCUT2D eigenvalue weighted by molar-refractivity contribution is 7.88. The first-order valence-corrected chi connectivity index (χ1v) is 7.58. The Morgan fingerprint density at radius 3 is 2.59 bits per heavy atom. The summed E-state index contributed by atoms with van der Waals surface area (Å²) in [5.41, 5.74) is 0.952. The zero-order chi connectivity index (χ0) is 13.1. The molecule has 0 aromatic carbocycles. The predicted molar refractivity (Wildman–Crippen MR) is 67.0 cm³/mol. The summed E-state index contributed by atoms with van der Waals surface area (Å²) < 4.78 is 24.8. The van der Waals surface area contributed by atoms with Crippen molar-refractivity contribution in [3.8, 4) is 0 Å². The molecule has 1 N–H and O–H groups in total. The summed E-state index contributed by atoms with van der Waals surface area (Å²) in [5, 5.41) is 0. The lowest BCUT2D eigenvalue weighted by Gasteiger charge is -2.32. The Labute approximate surface area is 103 Å². The Bertz CT molecular complexity index is 410. The van der Waals surface area contributed by atoms with Crippen LogP contribution in [0.4, 0.5) is 0 Å². The summed E-state index contributed by atoms with van der Waals surface area (Å²) in [4.78, 5) is 13.5. The number of hydrogen-bond donors (Lipinski definition) is 1. The average molecular weight is 260 g/mol. The number of likely N-dealkylation sites (tertiary alicyclic amines) is 1. The van der Waals surface area contributed by atoms with E-state index >= 15 is 0 Å². The summed E-state index contributed by atoms with van der Waals surface area (Å²) >= 11 is 0. The van der Waals surface area contributed by atoms with Gasteiger partial charge in [0.25, 0.3) is 0 Å². The van der Waals surface area contributed by atoms with Crippen molar-refractivity contribution in [1.29, 1.82) is 0 Å². The largest absolute Gasteiger partial charge is 0.338 e. The maximum Gasteiger partial charge on any atom is 0.246 e. The number of amides is 1. The van der Waals surface area contributed by atoms with E-state index in [-0.39, 0.29) is 11.9 Å². The molecule has 0 aliphatic carbocycles. The molecule has 1 amide bonds. The smallest absolute Gasteiger partial charge is 0.246 e. The van der Waals surface area contributed by atoms with Gasteiger partial charge in [0.1, 0.15) is 0 Å². The first kappa shape index (κ1) is 14.2. The number of hydrogen-bond acceptors (Lipinski definition) is 3. The molecule has 1 aliphatic heterocycles. The summed E-state index contributed by atoms with van der Waals surface area (Å²) in [7, 11) is -3.20. The molecule has 17 heavy (non-hydrogen) atoms. The highest BCUT2D eigenvalue weighted by Gasteiger charge is 2.24.